The highest BCUT2D eigenvalue weighted by atomic mass is 16.2. The van der Waals surface area contributed by atoms with Crippen molar-refractivity contribution in [3.8, 4) is 0 Å². The highest BCUT2D eigenvalue weighted by molar-refractivity contribution is 5.83. The number of pyridine rings is 1. The van der Waals surface area contributed by atoms with Gasteiger partial charge in [0.25, 0.3) is 0 Å². The summed E-state index contributed by atoms with van der Waals surface area (Å²) in [5, 5.41) is 9.81. The summed E-state index contributed by atoms with van der Waals surface area (Å²) in [6, 6.07) is 5.23. The first kappa shape index (κ1) is 16.2. The van der Waals surface area contributed by atoms with Crippen LogP contribution in [0.5, 0.6) is 0 Å². The van der Waals surface area contributed by atoms with Crippen LogP contribution in [0, 0.1) is 13.8 Å². The van der Waals surface area contributed by atoms with E-state index in [0.29, 0.717) is 6.54 Å². The van der Waals surface area contributed by atoms with Gasteiger partial charge in [-0.2, -0.15) is 5.10 Å². The first-order valence-electron chi connectivity index (χ1n) is 7.54. The first-order chi connectivity index (χ1) is 10.6. The first-order valence-corrected chi connectivity index (χ1v) is 7.54. The van der Waals surface area contributed by atoms with Crippen LogP contribution in [0.1, 0.15) is 41.5 Å². The van der Waals surface area contributed by atoms with Crippen molar-refractivity contribution in [2.75, 3.05) is 6.54 Å². The largest absolute Gasteiger partial charge is 0.354 e. The number of carbonyl (C=O) groups excluding carboxylic acids is 1. The molecule has 6 nitrogen and oxygen atoms in total. The van der Waals surface area contributed by atoms with Crippen molar-refractivity contribution in [2.24, 2.45) is 5.73 Å². The SMILES string of the molecule is Cc1n[nH]c(C)c1C(N)C(=O)NCCCCc1ccccn1. The number of aryl methyl sites for hydroxylation is 3. The highest BCUT2D eigenvalue weighted by Gasteiger charge is 2.21. The second-order valence-corrected chi connectivity index (χ2v) is 5.39. The molecule has 0 radical (unpaired) electrons. The Morgan fingerprint density at radius 2 is 2.18 bits per heavy atom. The minimum atomic E-state index is -0.672. The van der Waals surface area contributed by atoms with E-state index in [9.17, 15) is 4.79 Å². The number of H-pyrrole nitrogens is 1. The Hall–Kier alpha value is -2.21. The van der Waals surface area contributed by atoms with Crippen LogP contribution in [-0.4, -0.2) is 27.6 Å². The van der Waals surface area contributed by atoms with Crippen molar-refractivity contribution in [2.45, 2.75) is 39.2 Å². The molecule has 0 aromatic carbocycles. The van der Waals surface area contributed by atoms with Crippen LogP contribution in [0.25, 0.3) is 0 Å². The quantitative estimate of drug-likeness (QED) is 0.676. The van der Waals surface area contributed by atoms with Crippen molar-refractivity contribution in [3.63, 3.8) is 0 Å². The van der Waals surface area contributed by atoms with Crippen LogP contribution in [0.4, 0.5) is 0 Å². The number of hydrogen-bond donors (Lipinski definition) is 3. The summed E-state index contributed by atoms with van der Waals surface area (Å²) in [6.45, 7) is 4.34. The predicted octanol–water partition coefficient (Wildman–Crippen LogP) is 1.56. The summed E-state index contributed by atoms with van der Waals surface area (Å²) in [6.07, 6.45) is 4.60. The summed E-state index contributed by atoms with van der Waals surface area (Å²) >= 11 is 0. The molecule has 6 heteroatoms. The second kappa shape index (κ2) is 7.70. The predicted molar refractivity (Wildman–Crippen MR) is 85.2 cm³/mol. The number of aromatic amines is 1. The van der Waals surface area contributed by atoms with Gasteiger partial charge in [0, 0.05) is 29.7 Å². The van der Waals surface area contributed by atoms with Gasteiger partial charge in [0.15, 0.2) is 0 Å². The maximum absolute atomic E-state index is 12.1. The fourth-order valence-electron chi connectivity index (χ4n) is 2.45. The zero-order chi connectivity index (χ0) is 15.9. The molecule has 0 saturated heterocycles. The van der Waals surface area contributed by atoms with Gasteiger partial charge in [-0.25, -0.2) is 0 Å². The molecule has 0 aliphatic heterocycles. The minimum absolute atomic E-state index is 0.162. The molecule has 22 heavy (non-hydrogen) atoms. The maximum Gasteiger partial charge on any atom is 0.241 e. The van der Waals surface area contributed by atoms with E-state index in [1.165, 1.54) is 0 Å². The molecule has 1 amide bonds. The molecule has 118 valence electrons. The Bertz CT molecular complexity index is 589. The summed E-state index contributed by atoms with van der Waals surface area (Å²) in [7, 11) is 0. The van der Waals surface area contributed by atoms with Gasteiger partial charge in [-0.15, -0.1) is 0 Å². The Kier molecular flexibility index (Phi) is 5.66. The lowest BCUT2D eigenvalue weighted by Gasteiger charge is -2.12. The summed E-state index contributed by atoms with van der Waals surface area (Å²) in [4.78, 5) is 16.4. The molecule has 4 N–H and O–H groups in total. The number of aromatic nitrogens is 3. The van der Waals surface area contributed by atoms with Crippen molar-refractivity contribution in [3.05, 3.63) is 47.0 Å². The van der Waals surface area contributed by atoms with Crippen LogP contribution < -0.4 is 11.1 Å². The normalized spacial score (nSPS) is 12.1. The summed E-state index contributed by atoms with van der Waals surface area (Å²) in [5.74, 6) is -0.162. The zero-order valence-corrected chi connectivity index (χ0v) is 13.1. The molecule has 2 rings (SSSR count). The van der Waals surface area contributed by atoms with Crippen LogP contribution in [-0.2, 0) is 11.2 Å². The van der Waals surface area contributed by atoms with Crippen molar-refractivity contribution in [1.82, 2.24) is 20.5 Å². The van der Waals surface area contributed by atoms with Crippen LogP contribution in [0.15, 0.2) is 24.4 Å². The van der Waals surface area contributed by atoms with Gasteiger partial charge in [0.05, 0.1) is 5.69 Å². The smallest absolute Gasteiger partial charge is 0.241 e. The molecule has 0 fully saturated rings. The van der Waals surface area contributed by atoms with Crippen molar-refractivity contribution < 1.29 is 4.79 Å². The van der Waals surface area contributed by atoms with Gasteiger partial charge in [0.1, 0.15) is 6.04 Å². The second-order valence-electron chi connectivity index (χ2n) is 5.39. The van der Waals surface area contributed by atoms with Gasteiger partial charge >= 0.3 is 0 Å². The number of carbonyl (C=O) groups is 1. The Morgan fingerprint density at radius 1 is 1.36 bits per heavy atom. The Morgan fingerprint density at radius 3 is 2.82 bits per heavy atom. The molecule has 0 spiro atoms. The molecule has 0 saturated carbocycles. The molecule has 0 aliphatic rings. The molecule has 1 unspecified atom stereocenters. The Labute approximate surface area is 130 Å². The molecule has 2 aromatic heterocycles. The van der Waals surface area contributed by atoms with Gasteiger partial charge in [-0.3, -0.25) is 14.9 Å². The molecular formula is C16H23N5O. The number of nitrogens with zero attached hydrogens (tertiary/aromatic N) is 2. The third-order valence-corrected chi connectivity index (χ3v) is 3.66. The van der Waals surface area contributed by atoms with Crippen LogP contribution >= 0.6 is 0 Å². The Balaban J connectivity index is 1.72. The van der Waals surface area contributed by atoms with E-state index in [4.69, 9.17) is 5.73 Å². The third-order valence-electron chi connectivity index (χ3n) is 3.66. The highest BCUT2D eigenvalue weighted by Crippen LogP contribution is 2.17. The number of hydrogen-bond acceptors (Lipinski definition) is 4. The fourth-order valence-corrected chi connectivity index (χ4v) is 2.45. The molecule has 2 aromatic rings. The molecule has 2 heterocycles. The zero-order valence-electron chi connectivity index (χ0n) is 13.1. The van der Waals surface area contributed by atoms with E-state index in [0.717, 1.165) is 41.9 Å². The number of rotatable bonds is 7. The monoisotopic (exact) mass is 301 g/mol. The number of nitrogens with one attached hydrogen (secondary N) is 2. The summed E-state index contributed by atoms with van der Waals surface area (Å²) < 4.78 is 0. The molecular weight excluding hydrogens is 278 g/mol. The number of nitrogens with two attached hydrogens (primary N) is 1. The van der Waals surface area contributed by atoms with E-state index in [1.807, 2.05) is 32.0 Å². The maximum atomic E-state index is 12.1. The van der Waals surface area contributed by atoms with E-state index in [1.54, 1.807) is 6.20 Å². The van der Waals surface area contributed by atoms with Gasteiger partial charge in [-0.05, 0) is 45.2 Å². The average Bonchev–Trinajstić information content (AvgIpc) is 2.86. The summed E-state index contributed by atoms with van der Waals surface area (Å²) in [5.41, 5.74) is 9.49. The lowest BCUT2D eigenvalue weighted by molar-refractivity contribution is -0.122. The van der Waals surface area contributed by atoms with Gasteiger partial charge < -0.3 is 11.1 Å². The lowest BCUT2D eigenvalue weighted by atomic mass is 10.1. The number of amides is 1. The van der Waals surface area contributed by atoms with Crippen LogP contribution in [0.3, 0.4) is 0 Å². The molecule has 1 atom stereocenters. The van der Waals surface area contributed by atoms with Crippen LogP contribution in [0.2, 0.25) is 0 Å². The topological polar surface area (TPSA) is 96.7 Å². The van der Waals surface area contributed by atoms with E-state index in [2.05, 4.69) is 20.5 Å². The van der Waals surface area contributed by atoms with Gasteiger partial charge in [-0.1, -0.05) is 6.07 Å². The molecule has 0 aliphatic carbocycles. The number of unbranched alkanes of at least 4 members (excludes halogenated alkanes) is 1. The minimum Gasteiger partial charge on any atom is -0.354 e. The lowest BCUT2D eigenvalue weighted by Crippen LogP contribution is -2.35. The van der Waals surface area contributed by atoms with E-state index in [-0.39, 0.29) is 5.91 Å². The average molecular weight is 301 g/mol. The van der Waals surface area contributed by atoms with Crippen molar-refractivity contribution in [1.29, 1.82) is 0 Å². The standard InChI is InChI=1S/C16H23N5O/c1-11-14(12(2)21-20-11)15(17)16(22)19-10-6-4-8-13-7-3-5-9-18-13/h3,5,7,9,15H,4,6,8,10,17H2,1-2H3,(H,19,22)(H,20,21). The van der Waals surface area contributed by atoms with Gasteiger partial charge in [0.2, 0.25) is 5.91 Å². The van der Waals surface area contributed by atoms with E-state index < -0.39 is 6.04 Å². The van der Waals surface area contributed by atoms with E-state index >= 15 is 0 Å². The van der Waals surface area contributed by atoms with Crippen molar-refractivity contribution >= 4 is 5.91 Å². The molecule has 0 bridgehead atoms. The fraction of sp³-hybridized carbons (Fsp3) is 0.438. The third kappa shape index (κ3) is 4.14.